The molecule has 1 aliphatic rings. The Morgan fingerprint density at radius 1 is 1.43 bits per heavy atom. The predicted molar refractivity (Wildman–Crippen MR) is 85.7 cm³/mol. The number of carbonyl (C=O) groups is 1. The monoisotopic (exact) mass is 301 g/mol. The zero-order valence-corrected chi connectivity index (χ0v) is 12.9. The number of carbonyl (C=O) groups excluding carboxylic acids is 1. The second kappa shape index (κ2) is 6.26. The van der Waals surface area contributed by atoms with Gasteiger partial charge in [-0.1, -0.05) is 30.3 Å². The van der Waals surface area contributed by atoms with Crippen LogP contribution in [-0.2, 0) is 6.42 Å². The van der Waals surface area contributed by atoms with E-state index in [-0.39, 0.29) is 12.1 Å². The van der Waals surface area contributed by atoms with Crippen LogP contribution in [-0.4, -0.2) is 28.5 Å². The van der Waals surface area contributed by atoms with Crippen LogP contribution < -0.4 is 5.32 Å². The number of likely N-dealkylation sites (tertiary alicyclic amines) is 1. The largest absolute Gasteiger partial charge is 0.323 e. The standard InChI is InChI=1S/C16H19N3OS/c1-12-11-21-15(17-12)18-16(20)19-9-5-8-14(19)10-13-6-3-2-4-7-13/h2-4,6-7,11,14H,5,8-10H2,1H3,(H,17,18,20). The van der Waals surface area contributed by atoms with Crippen molar-refractivity contribution < 1.29 is 4.79 Å². The summed E-state index contributed by atoms with van der Waals surface area (Å²) in [7, 11) is 0. The van der Waals surface area contributed by atoms with Gasteiger partial charge in [0.15, 0.2) is 5.13 Å². The van der Waals surface area contributed by atoms with Crippen molar-refractivity contribution >= 4 is 22.5 Å². The van der Waals surface area contributed by atoms with E-state index in [1.165, 1.54) is 16.9 Å². The first-order valence-electron chi connectivity index (χ1n) is 7.26. The molecule has 1 N–H and O–H groups in total. The van der Waals surface area contributed by atoms with Crippen molar-refractivity contribution in [1.82, 2.24) is 9.88 Å². The van der Waals surface area contributed by atoms with Crippen LogP contribution >= 0.6 is 11.3 Å². The Morgan fingerprint density at radius 3 is 2.95 bits per heavy atom. The fourth-order valence-electron chi connectivity index (χ4n) is 2.78. The molecule has 5 heteroatoms. The van der Waals surface area contributed by atoms with E-state index >= 15 is 0 Å². The summed E-state index contributed by atoms with van der Waals surface area (Å²) < 4.78 is 0. The molecule has 0 radical (unpaired) electrons. The Bertz CT molecular complexity index is 611. The molecule has 1 fully saturated rings. The van der Waals surface area contributed by atoms with Crippen LogP contribution in [0.15, 0.2) is 35.7 Å². The second-order valence-electron chi connectivity index (χ2n) is 5.40. The number of anilines is 1. The minimum absolute atomic E-state index is 0.0252. The highest BCUT2D eigenvalue weighted by atomic mass is 32.1. The van der Waals surface area contributed by atoms with Crippen molar-refractivity contribution in [2.24, 2.45) is 0 Å². The van der Waals surface area contributed by atoms with E-state index in [0.717, 1.165) is 31.5 Å². The smallest absolute Gasteiger partial charge is 0.321 e. The number of hydrogen-bond acceptors (Lipinski definition) is 3. The van der Waals surface area contributed by atoms with Crippen molar-refractivity contribution in [2.45, 2.75) is 32.2 Å². The van der Waals surface area contributed by atoms with E-state index < -0.39 is 0 Å². The lowest BCUT2D eigenvalue weighted by Gasteiger charge is -2.24. The zero-order valence-electron chi connectivity index (χ0n) is 12.1. The molecule has 1 saturated heterocycles. The molecule has 1 aromatic heterocycles. The molecule has 1 aromatic carbocycles. The number of aromatic nitrogens is 1. The lowest BCUT2D eigenvalue weighted by Crippen LogP contribution is -2.39. The Balaban J connectivity index is 1.64. The summed E-state index contributed by atoms with van der Waals surface area (Å²) in [6, 6.07) is 10.6. The van der Waals surface area contributed by atoms with Crippen molar-refractivity contribution in [3.8, 4) is 0 Å². The van der Waals surface area contributed by atoms with Gasteiger partial charge in [0, 0.05) is 18.0 Å². The van der Waals surface area contributed by atoms with Crippen LogP contribution in [0.25, 0.3) is 0 Å². The molecule has 0 spiro atoms. The van der Waals surface area contributed by atoms with Gasteiger partial charge in [-0.05, 0) is 31.7 Å². The highest BCUT2D eigenvalue weighted by Crippen LogP contribution is 2.23. The summed E-state index contributed by atoms with van der Waals surface area (Å²) in [6.07, 6.45) is 3.06. The van der Waals surface area contributed by atoms with Crippen LogP contribution in [0.4, 0.5) is 9.93 Å². The second-order valence-corrected chi connectivity index (χ2v) is 6.26. The van der Waals surface area contributed by atoms with E-state index in [1.807, 2.05) is 35.4 Å². The molecular formula is C16H19N3OS. The predicted octanol–water partition coefficient (Wildman–Crippen LogP) is 3.69. The van der Waals surface area contributed by atoms with Gasteiger partial charge >= 0.3 is 6.03 Å². The first kappa shape index (κ1) is 14.1. The van der Waals surface area contributed by atoms with Crippen LogP contribution in [0.3, 0.4) is 0 Å². The van der Waals surface area contributed by atoms with E-state index in [9.17, 15) is 4.79 Å². The van der Waals surface area contributed by atoms with Gasteiger partial charge in [0.25, 0.3) is 0 Å². The van der Waals surface area contributed by atoms with Gasteiger partial charge in [-0.2, -0.15) is 0 Å². The lowest BCUT2D eigenvalue weighted by molar-refractivity contribution is 0.206. The SMILES string of the molecule is Cc1csc(NC(=O)N2CCCC2Cc2ccccc2)n1. The molecule has 21 heavy (non-hydrogen) atoms. The number of rotatable bonds is 3. The molecule has 1 aliphatic heterocycles. The molecule has 2 aromatic rings. The summed E-state index contributed by atoms with van der Waals surface area (Å²) in [5, 5.41) is 5.54. The van der Waals surface area contributed by atoms with Crippen molar-refractivity contribution in [3.05, 3.63) is 47.0 Å². The molecule has 0 bridgehead atoms. The Kier molecular flexibility index (Phi) is 4.20. The maximum atomic E-state index is 12.4. The molecule has 0 aliphatic carbocycles. The quantitative estimate of drug-likeness (QED) is 0.939. The minimum Gasteiger partial charge on any atom is -0.321 e. The molecule has 1 unspecified atom stereocenters. The molecule has 2 heterocycles. The number of aryl methyl sites for hydroxylation is 1. The number of nitrogens with zero attached hydrogens (tertiary/aromatic N) is 2. The molecule has 3 rings (SSSR count). The average Bonchev–Trinajstić information content (AvgIpc) is 3.09. The van der Waals surface area contributed by atoms with Gasteiger partial charge in [0.1, 0.15) is 0 Å². The summed E-state index contributed by atoms with van der Waals surface area (Å²) in [5.74, 6) is 0. The third kappa shape index (κ3) is 3.42. The normalized spacial score (nSPS) is 18.0. The average molecular weight is 301 g/mol. The minimum atomic E-state index is -0.0252. The van der Waals surface area contributed by atoms with Gasteiger partial charge in [-0.3, -0.25) is 5.32 Å². The third-order valence-corrected chi connectivity index (χ3v) is 4.66. The molecular weight excluding hydrogens is 282 g/mol. The topological polar surface area (TPSA) is 45.2 Å². The highest BCUT2D eigenvalue weighted by molar-refractivity contribution is 7.13. The fourth-order valence-corrected chi connectivity index (χ4v) is 3.45. The molecule has 1 atom stereocenters. The summed E-state index contributed by atoms with van der Waals surface area (Å²) >= 11 is 1.47. The van der Waals surface area contributed by atoms with Gasteiger partial charge < -0.3 is 4.90 Å². The van der Waals surface area contributed by atoms with Gasteiger partial charge in [-0.15, -0.1) is 11.3 Å². The molecule has 110 valence electrons. The lowest BCUT2D eigenvalue weighted by atomic mass is 10.0. The van der Waals surface area contributed by atoms with Crippen LogP contribution in [0.1, 0.15) is 24.1 Å². The van der Waals surface area contributed by atoms with Crippen LogP contribution in [0.2, 0.25) is 0 Å². The van der Waals surface area contributed by atoms with E-state index in [1.54, 1.807) is 0 Å². The highest BCUT2D eigenvalue weighted by Gasteiger charge is 2.29. The molecule has 0 saturated carbocycles. The fraction of sp³-hybridized carbons (Fsp3) is 0.375. The van der Waals surface area contributed by atoms with Gasteiger partial charge in [0.05, 0.1) is 5.69 Å². The maximum Gasteiger partial charge on any atom is 0.323 e. The number of hydrogen-bond donors (Lipinski definition) is 1. The number of urea groups is 1. The zero-order chi connectivity index (χ0) is 14.7. The summed E-state index contributed by atoms with van der Waals surface area (Å²) in [5.41, 5.74) is 2.23. The number of benzene rings is 1. The first-order valence-corrected chi connectivity index (χ1v) is 8.14. The summed E-state index contributed by atoms with van der Waals surface area (Å²) in [4.78, 5) is 18.6. The Hall–Kier alpha value is -1.88. The number of amides is 2. The van der Waals surface area contributed by atoms with Gasteiger partial charge in [-0.25, -0.2) is 9.78 Å². The van der Waals surface area contributed by atoms with Crippen molar-refractivity contribution in [1.29, 1.82) is 0 Å². The number of thiazole rings is 1. The summed E-state index contributed by atoms with van der Waals surface area (Å²) in [6.45, 7) is 2.76. The van der Waals surface area contributed by atoms with Crippen molar-refractivity contribution in [3.63, 3.8) is 0 Å². The van der Waals surface area contributed by atoms with Crippen molar-refractivity contribution in [2.75, 3.05) is 11.9 Å². The van der Waals surface area contributed by atoms with Crippen LogP contribution in [0.5, 0.6) is 0 Å². The van der Waals surface area contributed by atoms with E-state index in [0.29, 0.717) is 5.13 Å². The molecule has 2 amide bonds. The first-order chi connectivity index (χ1) is 10.2. The number of nitrogens with one attached hydrogen (secondary N) is 1. The van der Waals surface area contributed by atoms with Gasteiger partial charge in [0.2, 0.25) is 0 Å². The Labute approximate surface area is 128 Å². The van der Waals surface area contributed by atoms with Crippen LogP contribution in [0, 0.1) is 6.92 Å². The Morgan fingerprint density at radius 2 is 2.24 bits per heavy atom. The molecule has 4 nitrogen and oxygen atoms in total. The van der Waals surface area contributed by atoms with E-state index in [4.69, 9.17) is 0 Å². The van der Waals surface area contributed by atoms with E-state index in [2.05, 4.69) is 22.4 Å². The maximum absolute atomic E-state index is 12.4. The third-order valence-electron chi connectivity index (χ3n) is 3.79.